The largest absolute Gasteiger partial charge is 0.497 e. The molecule has 0 bridgehead atoms. The molecule has 0 atom stereocenters. The summed E-state index contributed by atoms with van der Waals surface area (Å²) < 4.78 is 21.5. The fourth-order valence-corrected chi connectivity index (χ4v) is 3.61. The second-order valence-corrected chi connectivity index (χ2v) is 7.96. The van der Waals surface area contributed by atoms with Crippen LogP contribution in [0.5, 0.6) is 5.75 Å². The molecule has 4 rings (SSSR count). The maximum Gasteiger partial charge on any atom is 0.260 e. The number of ether oxygens (including phenoxy) is 1. The lowest BCUT2D eigenvalue weighted by atomic mass is 10.1. The van der Waals surface area contributed by atoms with Crippen molar-refractivity contribution >= 4 is 27.7 Å². The first-order chi connectivity index (χ1) is 15.5. The second-order valence-electron chi connectivity index (χ2n) is 7.15. The maximum absolute atomic E-state index is 14.1. The monoisotopic (exact) mass is 494 g/mol. The number of benzene rings is 2. The van der Waals surface area contributed by atoms with Crippen LogP contribution in [0.2, 0.25) is 0 Å². The van der Waals surface area contributed by atoms with E-state index in [0.717, 1.165) is 28.6 Å². The van der Waals surface area contributed by atoms with E-state index in [9.17, 15) is 9.18 Å². The van der Waals surface area contributed by atoms with Gasteiger partial charge in [0, 0.05) is 18.2 Å². The number of carbonyl (C=O) groups is 1. The van der Waals surface area contributed by atoms with E-state index in [1.807, 2.05) is 60.8 Å². The first-order valence-corrected chi connectivity index (χ1v) is 10.7. The Morgan fingerprint density at radius 2 is 1.88 bits per heavy atom. The Kier molecular flexibility index (Phi) is 6.61. The van der Waals surface area contributed by atoms with E-state index in [1.165, 1.54) is 6.07 Å². The van der Waals surface area contributed by atoms with E-state index in [0.29, 0.717) is 23.4 Å². The molecule has 0 spiro atoms. The molecule has 0 saturated carbocycles. The maximum atomic E-state index is 14.1. The molecule has 0 aliphatic rings. The Bertz CT molecular complexity index is 1230. The molecule has 6 nitrogen and oxygen atoms in total. The minimum atomic E-state index is -0.701. The second kappa shape index (κ2) is 9.74. The molecule has 1 N–H and O–H groups in total. The third kappa shape index (κ3) is 5.20. The van der Waals surface area contributed by atoms with Gasteiger partial charge in [-0.1, -0.05) is 42.5 Å². The Morgan fingerprint density at radius 1 is 1.12 bits per heavy atom. The topological polar surface area (TPSA) is 69.0 Å². The molecular formula is C24H20BrFN4O2. The summed E-state index contributed by atoms with van der Waals surface area (Å²) in [5.41, 5.74) is 2.82. The fourth-order valence-electron chi connectivity index (χ4n) is 3.27. The van der Waals surface area contributed by atoms with Crippen molar-refractivity contribution in [3.8, 4) is 5.75 Å². The lowest BCUT2D eigenvalue weighted by molar-refractivity contribution is 0.102. The number of methoxy groups -OCH3 is 1. The molecule has 0 aliphatic heterocycles. The van der Waals surface area contributed by atoms with E-state index < -0.39 is 11.7 Å². The summed E-state index contributed by atoms with van der Waals surface area (Å²) in [4.78, 5) is 16.6. The molecule has 0 unspecified atom stereocenters. The average Bonchev–Trinajstić information content (AvgIpc) is 3.16. The highest BCUT2D eigenvalue weighted by molar-refractivity contribution is 9.10. The van der Waals surface area contributed by atoms with Crippen molar-refractivity contribution in [2.24, 2.45) is 0 Å². The van der Waals surface area contributed by atoms with Crippen molar-refractivity contribution in [2.75, 3.05) is 12.4 Å². The van der Waals surface area contributed by atoms with Crippen LogP contribution in [0.3, 0.4) is 0 Å². The quantitative estimate of drug-likeness (QED) is 0.363. The van der Waals surface area contributed by atoms with Gasteiger partial charge < -0.3 is 10.1 Å². The van der Waals surface area contributed by atoms with Gasteiger partial charge in [-0.15, -0.1) is 0 Å². The van der Waals surface area contributed by atoms with Gasteiger partial charge in [0.2, 0.25) is 0 Å². The normalized spacial score (nSPS) is 10.7. The summed E-state index contributed by atoms with van der Waals surface area (Å²) in [5, 5.41) is 7.33. The van der Waals surface area contributed by atoms with Crippen LogP contribution in [0.25, 0.3) is 0 Å². The van der Waals surface area contributed by atoms with Crippen molar-refractivity contribution < 1.29 is 13.9 Å². The average molecular weight is 495 g/mol. The van der Waals surface area contributed by atoms with Crippen LogP contribution >= 0.6 is 15.9 Å². The van der Waals surface area contributed by atoms with Crippen LogP contribution in [0.4, 0.5) is 10.2 Å². The minimum Gasteiger partial charge on any atom is -0.497 e. The van der Waals surface area contributed by atoms with E-state index in [-0.39, 0.29) is 5.56 Å². The van der Waals surface area contributed by atoms with Gasteiger partial charge in [0.1, 0.15) is 10.4 Å². The van der Waals surface area contributed by atoms with Gasteiger partial charge in [0.05, 0.1) is 25.4 Å². The Morgan fingerprint density at radius 3 is 2.59 bits per heavy atom. The van der Waals surface area contributed by atoms with Crippen LogP contribution in [0.15, 0.2) is 77.7 Å². The number of hydrogen-bond donors (Lipinski definition) is 1. The van der Waals surface area contributed by atoms with Gasteiger partial charge in [-0.25, -0.2) is 9.37 Å². The molecule has 0 saturated heterocycles. The smallest absolute Gasteiger partial charge is 0.260 e. The highest BCUT2D eigenvalue weighted by Gasteiger charge is 2.18. The number of carbonyl (C=O) groups excluding carboxylic acids is 1. The SMILES string of the molecule is COc1ccc(Cn2cc(Cc3ccccc3)c(NC(=O)c3cc(Br)ncc3F)n2)cc1. The van der Waals surface area contributed by atoms with Crippen LogP contribution < -0.4 is 10.1 Å². The molecule has 2 heterocycles. The first-order valence-electron chi connectivity index (χ1n) is 9.87. The highest BCUT2D eigenvalue weighted by atomic mass is 79.9. The third-order valence-corrected chi connectivity index (χ3v) is 5.31. The number of hydrogen-bond acceptors (Lipinski definition) is 4. The number of halogens is 2. The van der Waals surface area contributed by atoms with Crippen molar-refractivity contribution in [3.63, 3.8) is 0 Å². The van der Waals surface area contributed by atoms with Crippen LogP contribution in [-0.2, 0) is 13.0 Å². The van der Waals surface area contributed by atoms with Gasteiger partial charge in [0.15, 0.2) is 11.6 Å². The van der Waals surface area contributed by atoms with Gasteiger partial charge in [0.25, 0.3) is 5.91 Å². The molecule has 1 amide bonds. The summed E-state index contributed by atoms with van der Waals surface area (Å²) in [6, 6.07) is 18.9. The predicted molar refractivity (Wildman–Crippen MR) is 123 cm³/mol. The number of anilines is 1. The van der Waals surface area contributed by atoms with Gasteiger partial charge in [-0.3, -0.25) is 9.48 Å². The summed E-state index contributed by atoms with van der Waals surface area (Å²) in [7, 11) is 1.62. The van der Waals surface area contributed by atoms with Gasteiger partial charge in [-0.05, 0) is 45.3 Å². The number of nitrogens with one attached hydrogen (secondary N) is 1. The zero-order valence-electron chi connectivity index (χ0n) is 17.3. The molecule has 162 valence electrons. The molecule has 32 heavy (non-hydrogen) atoms. The van der Waals surface area contributed by atoms with E-state index >= 15 is 0 Å². The summed E-state index contributed by atoms with van der Waals surface area (Å²) in [6.45, 7) is 0.511. The lowest BCUT2D eigenvalue weighted by Gasteiger charge is -2.06. The van der Waals surface area contributed by atoms with Crippen molar-refractivity contribution in [3.05, 3.63) is 106 Å². The molecule has 2 aromatic carbocycles. The van der Waals surface area contributed by atoms with Crippen molar-refractivity contribution in [1.29, 1.82) is 0 Å². The predicted octanol–water partition coefficient (Wildman–Crippen LogP) is 5.08. The van der Waals surface area contributed by atoms with E-state index in [4.69, 9.17) is 4.74 Å². The van der Waals surface area contributed by atoms with E-state index in [1.54, 1.807) is 11.8 Å². The zero-order chi connectivity index (χ0) is 22.5. The summed E-state index contributed by atoms with van der Waals surface area (Å²) in [5.74, 6) is -0.125. The standard InChI is InChI=1S/C24H20BrFN4O2/c1-32-19-9-7-17(8-10-19)14-30-15-18(11-16-5-3-2-4-6-16)23(29-30)28-24(31)20-12-22(25)27-13-21(20)26/h2-10,12-13,15H,11,14H2,1H3,(H,28,29,31). The zero-order valence-corrected chi connectivity index (χ0v) is 18.8. The van der Waals surface area contributed by atoms with Crippen molar-refractivity contribution in [2.45, 2.75) is 13.0 Å². The molecule has 4 aromatic rings. The lowest BCUT2D eigenvalue weighted by Crippen LogP contribution is -2.16. The van der Waals surface area contributed by atoms with E-state index in [2.05, 4.69) is 31.3 Å². The summed E-state index contributed by atoms with van der Waals surface area (Å²) in [6.07, 6.45) is 3.47. The number of pyridine rings is 1. The van der Waals surface area contributed by atoms with Crippen LogP contribution in [0.1, 0.15) is 27.0 Å². The number of nitrogens with zero attached hydrogens (tertiary/aromatic N) is 3. The van der Waals surface area contributed by atoms with Crippen LogP contribution in [0, 0.1) is 5.82 Å². The highest BCUT2D eigenvalue weighted by Crippen LogP contribution is 2.21. The van der Waals surface area contributed by atoms with Crippen molar-refractivity contribution in [1.82, 2.24) is 14.8 Å². The van der Waals surface area contributed by atoms with Gasteiger partial charge in [-0.2, -0.15) is 5.10 Å². The number of amides is 1. The minimum absolute atomic E-state index is 0.109. The third-order valence-electron chi connectivity index (χ3n) is 4.88. The molecule has 0 fully saturated rings. The van der Waals surface area contributed by atoms with Crippen LogP contribution in [-0.4, -0.2) is 27.8 Å². The molecule has 0 aliphatic carbocycles. The number of rotatable bonds is 7. The Labute approximate surface area is 193 Å². The first kappa shape index (κ1) is 21.7. The molecular weight excluding hydrogens is 475 g/mol. The Hall–Kier alpha value is -3.52. The fraction of sp³-hybridized carbons (Fsp3) is 0.125. The Balaban J connectivity index is 1.62. The summed E-state index contributed by atoms with van der Waals surface area (Å²) >= 11 is 3.17. The number of aromatic nitrogens is 3. The van der Waals surface area contributed by atoms with Gasteiger partial charge >= 0.3 is 0 Å². The molecule has 0 radical (unpaired) electrons. The molecule has 2 aromatic heterocycles. The molecule has 8 heteroatoms.